The molecule has 96 valence electrons. The minimum atomic E-state index is -0.290. The van der Waals surface area contributed by atoms with Gasteiger partial charge in [-0.05, 0) is 32.8 Å². The number of aromatic nitrogens is 3. The molecule has 0 bridgehead atoms. The van der Waals surface area contributed by atoms with Crippen molar-refractivity contribution < 1.29 is 9.21 Å². The number of hydrogen-bond acceptors (Lipinski definition) is 4. The first kappa shape index (κ1) is 12.3. The summed E-state index contributed by atoms with van der Waals surface area (Å²) in [6.45, 7) is 6.19. The van der Waals surface area contributed by atoms with Gasteiger partial charge in [0.1, 0.15) is 5.76 Å². The van der Waals surface area contributed by atoms with Crippen LogP contribution in [-0.4, -0.2) is 27.6 Å². The Balaban J connectivity index is 1.88. The van der Waals surface area contributed by atoms with Crippen LogP contribution in [0.3, 0.4) is 0 Å². The maximum atomic E-state index is 11.7. The second-order valence-electron chi connectivity index (χ2n) is 4.19. The molecule has 2 rings (SSSR count). The quantitative estimate of drug-likeness (QED) is 0.854. The summed E-state index contributed by atoms with van der Waals surface area (Å²) >= 11 is 0. The summed E-state index contributed by atoms with van der Waals surface area (Å²) in [6.07, 6.45) is 2.26. The van der Waals surface area contributed by atoms with Gasteiger partial charge in [-0.2, -0.15) is 5.10 Å². The molecule has 0 aliphatic carbocycles. The van der Waals surface area contributed by atoms with Gasteiger partial charge in [-0.25, -0.2) is 4.98 Å². The molecule has 0 saturated carbocycles. The monoisotopic (exact) mass is 248 g/mol. The number of nitrogens with zero attached hydrogens (tertiary/aromatic N) is 2. The number of oxazole rings is 1. The van der Waals surface area contributed by atoms with Crippen LogP contribution in [0.15, 0.2) is 10.6 Å². The molecule has 0 spiro atoms. The van der Waals surface area contributed by atoms with E-state index in [1.807, 2.05) is 13.8 Å². The van der Waals surface area contributed by atoms with Crippen LogP contribution in [0.25, 0.3) is 0 Å². The van der Waals surface area contributed by atoms with Crippen LogP contribution in [0.2, 0.25) is 0 Å². The Morgan fingerprint density at radius 2 is 2.22 bits per heavy atom. The summed E-state index contributed by atoms with van der Waals surface area (Å²) in [4.78, 5) is 15.5. The minimum absolute atomic E-state index is 0.105. The van der Waals surface area contributed by atoms with E-state index in [1.165, 1.54) is 6.20 Å². The number of aromatic amines is 1. The van der Waals surface area contributed by atoms with Crippen LogP contribution < -0.4 is 5.32 Å². The third-order valence-electron chi connectivity index (χ3n) is 2.76. The Kier molecular flexibility index (Phi) is 3.45. The first-order valence-electron chi connectivity index (χ1n) is 5.79. The highest BCUT2D eigenvalue weighted by Gasteiger charge is 2.12. The van der Waals surface area contributed by atoms with Gasteiger partial charge in [0.25, 0.3) is 5.89 Å². The summed E-state index contributed by atoms with van der Waals surface area (Å²) in [5.74, 6) is 0.441. The van der Waals surface area contributed by atoms with Crippen molar-refractivity contribution in [2.75, 3.05) is 6.54 Å². The standard InChI is InChI=1S/C12H16N4O2/c1-7-6-14-12(18-7)11(17)13-5-4-10-8(2)15-16-9(10)3/h6H,4-5H2,1-3H3,(H,13,17)(H,15,16). The molecule has 2 heterocycles. The zero-order chi connectivity index (χ0) is 13.1. The smallest absolute Gasteiger partial charge is 0.307 e. The van der Waals surface area contributed by atoms with Crippen molar-refractivity contribution in [3.8, 4) is 0 Å². The highest BCUT2D eigenvalue weighted by atomic mass is 16.4. The lowest BCUT2D eigenvalue weighted by Gasteiger charge is -2.03. The van der Waals surface area contributed by atoms with Crippen LogP contribution in [0.4, 0.5) is 0 Å². The summed E-state index contributed by atoms with van der Waals surface area (Å²) < 4.78 is 5.14. The summed E-state index contributed by atoms with van der Waals surface area (Å²) in [5.41, 5.74) is 3.14. The zero-order valence-electron chi connectivity index (χ0n) is 10.7. The molecule has 2 N–H and O–H groups in total. The number of aryl methyl sites for hydroxylation is 3. The molecule has 6 heteroatoms. The number of H-pyrrole nitrogens is 1. The Hall–Kier alpha value is -2.11. The molecular weight excluding hydrogens is 232 g/mol. The van der Waals surface area contributed by atoms with Crippen LogP contribution >= 0.6 is 0 Å². The Morgan fingerprint density at radius 3 is 2.78 bits per heavy atom. The molecule has 2 aromatic rings. The van der Waals surface area contributed by atoms with Crippen molar-refractivity contribution in [2.24, 2.45) is 0 Å². The fourth-order valence-corrected chi connectivity index (χ4v) is 1.78. The Bertz CT molecular complexity index is 537. The maximum absolute atomic E-state index is 11.7. The second-order valence-corrected chi connectivity index (χ2v) is 4.19. The van der Waals surface area contributed by atoms with Crippen LogP contribution in [0.1, 0.15) is 33.4 Å². The van der Waals surface area contributed by atoms with E-state index < -0.39 is 0 Å². The Morgan fingerprint density at radius 1 is 1.44 bits per heavy atom. The number of nitrogens with one attached hydrogen (secondary N) is 2. The van der Waals surface area contributed by atoms with Crippen LogP contribution in [0.5, 0.6) is 0 Å². The van der Waals surface area contributed by atoms with Gasteiger partial charge in [-0.15, -0.1) is 0 Å². The average molecular weight is 248 g/mol. The fourth-order valence-electron chi connectivity index (χ4n) is 1.78. The Labute approximate surface area is 105 Å². The van der Waals surface area contributed by atoms with Crippen molar-refractivity contribution >= 4 is 5.91 Å². The third-order valence-corrected chi connectivity index (χ3v) is 2.76. The fraction of sp³-hybridized carbons (Fsp3) is 0.417. The number of hydrogen-bond donors (Lipinski definition) is 2. The van der Waals surface area contributed by atoms with Gasteiger partial charge in [0.2, 0.25) is 0 Å². The van der Waals surface area contributed by atoms with Gasteiger partial charge >= 0.3 is 5.91 Å². The van der Waals surface area contributed by atoms with Crippen molar-refractivity contribution in [1.29, 1.82) is 0 Å². The van der Waals surface area contributed by atoms with Crippen molar-refractivity contribution in [3.63, 3.8) is 0 Å². The summed E-state index contributed by atoms with van der Waals surface area (Å²) in [5, 5.41) is 9.79. The summed E-state index contributed by atoms with van der Waals surface area (Å²) in [7, 11) is 0. The van der Waals surface area contributed by atoms with Crippen molar-refractivity contribution in [1.82, 2.24) is 20.5 Å². The van der Waals surface area contributed by atoms with Gasteiger partial charge in [0.05, 0.1) is 11.9 Å². The van der Waals surface area contributed by atoms with Crippen LogP contribution in [0, 0.1) is 20.8 Å². The van der Waals surface area contributed by atoms with E-state index in [9.17, 15) is 4.79 Å². The van der Waals surface area contributed by atoms with E-state index in [0.717, 1.165) is 23.4 Å². The van der Waals surface area contributed by atoms with Crippen LogP contribution in [-0.2, 0) is 6.42 Å². The predicted octanol–water partition coefficient (Wildman–Crippen LogP) is 1.30. The normalized spacial score (nSPS) is 10.6. The molecule has 0 atom stereocenters. The maximum Gasteiger partial charge on any atom is 0.307 e. The molecule has 18 heavy (non-hydrogen) atoms. The van der Waals surface area contributed by atoms with E-state index in [0.29, 0.717) is 12.3 Å². The van der Waals surface area contributed by atoms with E-state index in [2.05, 4.69) is 20.5 Å². The topological polar surface area (TPSA) is 83.8 Å². The molecule has 0 aromatic carbocycles. The lowest BCUT2D eigenvalue weighted by atomic mass is 10.1. The number of rotatable bonds is 4. The number of carbonyl (C=O) groups excluding carboxylic acids is 1. The van der Waals surface area contributed by atoms with Gasteiger partial charge in [-0.1, -0.05) is 0 Å². The molecule has 0 fully saturated rings. The number of carbonyl (C=O) groups is 1. The third kappa shape index (κ3) is 2.58. The second kappa shape index (κ2) is 5.03. The molecular formula is C12H16N4O2. The molecule has 0 aliphatic heterocycles. The molecule has 0 aliphatic rings. The van der Waals surface area contributed by atoms with Crippen molar-refractivity contribution in [3.05, 3.63) is 34.8 Å². The van der Waals surface area contributed by atoms with Crippen molar-refractivity contribution in [2.45, 2.75) is 27.2 Å². The zero-order valence-corrected chi connectivity index (χ0v) is 10.7. The molecule has 2 aromatic heterocycles. The van der Waals surface area contributed by atoms with Gasteiger partial charge < -0.3 is 9.73 Å². The largest absolute Gasteiger partial charge is 0.438 e. The molecule has 0 saturated heterocycles. The first-order chi connectivity index (χ1) is 8.58. The average Bonchev–Trinajstić information content (AvgIpc) is 2.89. The number of amides is 1. The van der Waals surface area contributed by atoms with Gasteiger partial charge in [-0.3, -0.25) is 9.89 Å². The van der Waals surface area contributed by atoms with E-state index in [1.54, 1.807) is 6.92 Å². The van der Waals surface area contributed by atoms with E-state index in [-0.39, 0.29) is 11.8 Å². The van der Waals surface area contributed by atoms with Gasteiger partial charge in [0, 0.05) is 12.2 Å². The highest BCUT2D eigenvalue weighted by molar-refractivity contribution is 5.89. The molecule has 6 nitrogen and oxygen atoms in total. The minimum Gasteiger partial charge on any atom is -0.438 e. The highest BCUT2D eigenvalue weighted by Crippen LogP contribution is 2.09. The SMILES string of the molecule is Cc1cnc(C(=O)NCCc2c(C)n[nH]c2C)o1. The molecule has 1 amide bonds. The lowest BCUT2D eigenvalue weighted by molar-refractivity contribution is 0.0918. The van der Waals surface area contributed by atoms with E-state index >= 15 is 0 Å². The summed E-state index contributed by atoms with van der Waals surface area (Å²) in [6, 6.07) is 0. The predicted molar refractivity (Wildman–Crippen MR) is 65.3 cm³/mol. The lowest BCUT2D eigenvalue weighted by Crippen LogP contribution is -2.26. The molecule has 0 radical (unpaired) electrons. The first-order valence-corrected chi connectivity index (χ1v) is 5.79. The molecule has 0 unspecified atom stereocenters. The van der Waals surface area contributed by atoms with Gasteiger partial charge in [0.15, 0.2) is 0 Å². The van der Waals surface area contributed by atoms with E-state index in [4.69, 9.17) is 4.42 Å².